The van der Waals surface area contributed by atoms with Crippen LogP contribution in [0.3, 0.4) is 0 Å². The minimum atomic E-state index is -3.58. The third kappa shape index (κ3) is 9.49. The lowest BCUT2D eigenvalue weighted by molar-refractivity contribution is -0.119. The van der Waals surface area contributed by atoms with Crippen LogP contribution in [0.15, 0.2) is 0 Å². The van der Waals surface area contributed by atoms with Gasteiger partial charge in [0, 0.05) is 18.6 Å². The third-order valence-electron chi connectivity index (χ3n) is 4.24. The number of hydrogen-bond donors (Lipinski definition) is 3. The van der Waals surface area contributed by atoms with Crippen molar-refractivity contribution in [2.24, 2.45) is 11.7 Å². The largest absolute Gasteiger partial charge is 0.351 e. The Kier molecular flexibility index (Phi) is 11.1. The van der Waals surface area contributed by atoms with Gasteiger partial charge in [0.1, 0.15) is 5.75 Å². The van der Waals surface area contributed by atoms with Crippen molar-refractivity contribution in [3.63, 3.8) is 0 Å². The van der Waals surface area contributed by atoms with Crippen molar-refractivity contribution in [2.45, 2.75) is 70.9 Å². The predicted molar refractivity (Wildman–Crippen MR) is 96.1 cm³/mol. The van der Waals surface area contributed by atoms with Crippen LogP contribution in [0.2, 0.25) is 0 Å². The first-order chi connectivity index (χ1) is 10.4. The van der Waals surface area contributed by atoms with Crippen molar-refractivity contribution < 1.29 is 13.2 Å². The number of nitrogens with two attached hydrogens (primary N) is 1. The van der Waals surface area contributed by atoms with E-state index in [4.69, 9.17) is 5.73 Å². The van der Waals surface area contributed by atoms with Crippen LogP contribution in [0.1, 0.15) is 58.8 Å². The molecule has 0 heterocycles. The van der Waals surface area contributed by atoms with Gasteiger partial charge in [0.25, 0.3) is 0 Å². The zero-order valence-electron chi connectivity index (χ0n) is 14.2. The molecule has 0 aliphatic heterocycles. The van der Waals surface area contributed by atoms with E-state index in [1.165, 1.54) is 0 Å². The molecule has 4 N–H and O–H groups in total. The molecule has 1 unspecified atom stereocenters. The lowest BCUT2D eigenvalue weighted by atomic mass is 9.88. The Balaban J connectivity index is 0.00000484. The second-order valence-corrected chi connectivity index (χ2v) is 8.23. The van der Waals surface area contributed by atoms with Gasteiger partial charge < -0.3 is 11.1 Å². The molecule has 0 spiro atoms. The van der Waals surface area contributed by atoms with Crippen molar-refractivity contribution in [1.29, 1.82) is 0 Å². The van der Waals surface area contributed by atoms with Crippen molar-refractivity contribution in [3.05, 3.63) is 0 Å². The summed E-state index contributed by atoms with van der Waals surface area (Å²) >= 11 is 0. The molecule has 1 aliphatic carbocycles. The molecule has 0 aromatic rings. The Morgan fingerprint density at radius 3 is 2.39 bits per heavy atom. The standard InChI is InChI=1S/C15H31N3O3S.ClH/c1-3-4-5-14(10-16)17-15(19)11-22(20,21)18-13-8-6-12(2)7-9-13;/h12-14,18H,3-11,16H2,1-2H3,(H,17,19);1H. The summed E-state index contributed by atoms with van der Waals surface area (Å²) in [7, 11) is -3.58. The summed E-state index contributed by atoms with van der Waals surface area (Å²) in [5.41, 5.74) is 5.61. The van der Waals surface area contributed by atoms with Gasteiger partial charge in [-0.1, -0.05) is 26.7 Å². The molecule has 0 radical (unpaired) electrons. The van der Waals surface area contributed by atoms with E-state index in [-0.39, 0.29) is 24.5 Å². The molecule has 1 amide bonds. The van der Waals surface area contributed by atoms with Crippen LogP contribution in [0, 0.1) is 5.92 Å². The number of halogens is 1. The van der Waals surface area contributed by atoms with Crippen molar-refractivity contribution in [2.75, 3.05) is 12.3 Å². The topological polar surface area (TPSA) is 101 Å². The molecule has 138 valence electrons. The van der Waals surface area contributed by atoms with Gasteiger partial charge in [-0.2, -0.15) is 0 Å². The number of amides is 1. The molecule has 0 saturated heterocycles. The molecular weight excluding hydrogens is 338 g/mol. The zero-order valence-corrected chi connectivity index (χ0v) is 15.8. The third-order valence-corrected chi connectivity index (χ3v) is 5.57. The number of carbonyl (C=O) groups is 1. The SMILES string of the molecule is CCCCC(CN)NC(=O)CS(=O)(=O)NC1CCC(C)CC1.Cl. The van der Waals surface area contributed by atoms with Crippen molar-refractivity contribution in [1.82, 2.24) is 10.0 Å². The van der Waals surface area contributed by atoms with Crippen LogP contribution in [0.25, 0.3) is 0 Å². The van der Waals surface area contributed by atoms with Crippen LogP contribution in [-0.2, 0) is 14.8 Å². The maximum Gasteiger partial charge on any atom is 0.236 e. The van der Waals surface area contributed by atoms with Gasteiger partial charge in [0.2, 0.25) is 15.9 Å². The highest BCUT2D eigenvalue weighted by Gasteiger charge is 2.25. The molecule has 1 saturated carbocycles. The molecule has 1 fully saturated rings. The number of nitrogens with one attached hydrogen (secondary N) is 2. The van der Waals surface area contributed by atoms with Crippen molar-refractivity contribution in [3.8, 4) is 0 Å². The molecule has 23 heavy (non-hydrogen) atoms. The average Bonchev–Trinajstić information content (AvgIpc) is 2.45. The molecule has 0 bridgehead atoms. The quantitative estimate of drug-likeness (QED) is 0.573. The number of sulfonamides is 1. The molecular formula is C15H32ClN3O3S. The molecule has 1 rings (SSSR count). The van der Waals surface area contributed by atoms with Gasteiger partial charge >= 0.3 is 0 Å². The van der Waals surface area contributed by atoms with Crippen LogP contribution in [0.4, 0.5) is 0 Å². The lowest BCUT2D eigenvalue weighted by Crippen LogP contribution is -2.46. The number of hydrogen-bond acceptors (Lipinski definition) is 4. The first-order valence-corrected chi connectivity index (χ1v) is 10.0. The molecule has 8 heteroatoms. The van der Waals surface area contributed by atoms with E-state index in [1.54, 1.807) is 0 Å². The summed E-state index contributed by atoms with van der Waals surface area (Å²) < 4.78 is 26.8. The van der Waals surface area contributed by atoms with E-state index >= 15 is 0 Å². The maximum absolute atomic E-state index is 12.1. The first-order valence-electron chi connectivity index (χ1n) is 8.35. The second-order valence-electron chi connectivity index (χ2n) is 6.48. The summed E-state index contributed by atoms with van der Waals surface area (Å²) in [6, 6.07) is -0.169. The molecule has 6 nitrogen and oxygen atoms in total. The second kappa shape index (κ2) is 11.2. The normalized spacial score (nSPS) is 22.9. The highest BCUT2D eigenvalue weighted by Crippen LogP contribution is 2.23. The molecule has 1 atom stereocenters. The van der Waals surface area contributed by atoms with E-state index < -0.39 is 21.7 Å². The number of carbonyl (C=O) groups excluding carboxylic acids is 1. The summed E-state index contributed by atoms with van der Waals surface area (Å²) in [6.07, 6.45) is 6.54. The molecule has 0 aromatic heterocycles. The van der Waals surface area contributed by atoms with E-state index in [0.717, 1.165) is 44.9 Å². The fourth-order valence-electron chi connectivity index (χ4n) is 2.81. The van der Waals surface area contributed by atoms with Gasteiger partial charge in [-0.05, 0) is 38.0 Å². The highest BCUT2D eigenvalue weighted by molar-refractivity contribution is 7.90. The number of rotatable bonds is 9. The number of unbranched alkanes of at least 4 members (excludes halogenated alkanes) is 1. The monoisotopic (exact) mass is 369 g/mol. The smallest absolute Gasteiger partial charge is 0.236 e. The zero-order chi connectivity index (χ0) is 16.6. The first kappa shape index (κ1) is 22.6. The summed E-state index contributed by atoms with van der Waals surface area (Å²) in [5.74, 6) is -0.321. The minimum absolute atomic E-state index is 0. The Bertz CT molecular complexity index is 437. The Hall–Kier alpha value is -0.370. The van der Waals surface area contributed by atoms with Crippen molar-refractivity contribution >= 4 is 28.3 Å². The summed E-state index contributed by atoms with van der Waals surface area (Å²) in [4.78, 5) is 11.9. The Morgan fingerprint density at radius 2 is 1.87 bits per heavy atom. The maximum atomic E-state index is 12.1. The van der Waals surface area contributed by atoms with Crippen LogP contribution in [-0.4, -0.2) is 38.7 Å². The summed E-state index contributed by atoms with van der Waals surface area (Å²) in [6.45, 7) is 4.58. The Labute approximate surface area is 146 Å². The van der Waals surface area contributed by atoms with E-state index in [2.05, 4.69) is 23.9 Å². The van der Waals surface area contributed by atoms with Crippen LogP contribution >= 0.6 is 12.4 Å². The van der Waals surface area contributed by atoms with E-state index in [9.17, 15) is 13.2 Å². The summed E-state index contributed by atoms with van der Waals surface area (Å²) in [5, 5.41) is 2.72. The van der Waals surface area contributed by atoms with Gasteiger partial charge in [0.05, 0.1) is 0 Å². The fourth-order valence-corrected chi connectivity index (χ4v) is 4.07. The highest BCUT2D eigenvalue weighted by atomic mass is 35.5. The molecule has 1 aliphatic rings. The van der Waals surface area contributed by atoms with Crippen LogP contribution in [0.5, 0.6) is 0 Å². The van der Waals surface area contributed by atoms with Gasteiger partial charge in [0.15, 0.2) is 0 Å². The van der Waals surface area contributed by atoms with Gasteiger partial charge in [-0.15, -0.1) is 12.4 Å². The average molecular weight is 370 g/mol. The Morgan fingerprint density at radius 1 is 1.26 bits per heavy atom. The predicted octanol–water partition coefficient (Wildman–Crippen LogP) is 1.54. The van der Waals surface area contributed by atoms with E-state index in [1.807, 2.05) is 0 Å². The van der Waals surface area contributed by atoms with Gasteiger partial charge in [-0.3, -0.25) is 4.79 Å². The lowest BCUT2D eigenvalue weighted by Gasteiger charge is -2.26. The fraction of sp³-hybridized carbons (Fsp3) is 0.933. The van der Waals surface area contributed by atoms with Crippen LogP contribution < -0.4 is 15.8 Å². The molecule has 0 aromatic carbocycles. The van der Waals surface area contributed by atoms with Gasteiger partial charge in [-0.25, -0.2) is 13.1 Å². The minimum Gasteiger partial charge on any atom is -0.351 e. The van der Waals surface area contributed by atoms with E-state index in [0.29, 0.717) is 12.5 Å².